The predicted octanol–water partition coefficient (Wildman–Crippen LogP) is 2.00. The van der Waals surface area contributed by atoms with E-state index in [-0.39, 0.29) is 0 Å². The highest BCUT2D eigenvalue weighted by atomic mass is 35.5. The summed E-state index contributed by atoms with van der Waals surface area (Å²) in [5, 5.41) is 0.358. The number of rotatable bonds is 5. The van der Waals surface area contributed by atoms with Crippen LogP contribution in [0.5, 0.6) is 11.5 Å². The molecule has 0 N–H and O–H groups in total. The van der Waals surface area contributed by atoms with E-state index in [4.69, 9.17) is 25.8 Å². The lowest BCUT2D eigenvalue weighted by molar-refractivity contribution is 0.0321. The molecular weight excluding hydrogens is 306 g/mol. The van der Waals surface area contributed by atoms with Gasteiger partial charge >= 0.3 is 0 Å². The van der Waals surface area contributed by atoms with Crippen molar-refractivity contribution in [1.29, 1.82) is 0 Å². The van der Waals surface area contributed by atoms with Crippen LogP contribution in [0.2, 0.25) is 5.15 Å². The molecule has 7 heteroatoms. The number of fused-ring (bicyclic) bond motifs is 1. The van der Waals surface area contributed by atoms with Gasteiger partial charge in [0.25, 0.3) is 0 Å². The Balaban J connectivity index is 1.71. The monoisotopic (exact) mass is 323 g/mol. The summed E-state index contributed by atoms with van der Waals surface area (Å²) in [4.78, 5) is 10.8. The second-order valence-corrected chi connectivity index (χ2v) is 5.37. The lowest BCUT2D eigenvalue weighted by Crippen LogP contribution is -2.38. The largest absolute Gasteiger partial charge is 0.493 e. The zero-order chi connectivity index (χ0) is 15.4. The van der Waals surface area contributed by atoms with Crippen molar-refractivity contribution in [3.05, 3.63) is 23.5 Å². The number of ether oxygens (including phenoxy) is 3. The molecule has 0 aliphatic carbocycles. The van der Waals surface area contributed by atoms with E-state index >= 15 is 0 Å². The summed E-state index contributed by atoms with van der Waals surface area (Å²) in [6.45, 7) is 4.89. The smallest absolute Gasteiger partial charge is 0.163 e. The number of morpholine rings is 1. The molecule has 2 heterocycles. The van der Waals surface area contributed by atoms with Crippen molar-refractivity contribution in [3.63, 3.8) is 0 Å². The lowest BCUT2D eigenvalue weighted by Gasteiger charge is -2.26. The van der Waals surface area contributed by atoms with Crippen molar-refractivity contribution < 1.29 is 14.2 Å². The highest BCUT2D eigenvalue weighted by Gasteiger charge is 2.12. The van der Waals surface area contributed by atoms with Crippen molar-refractivity contribution in [2.75, 3.05) is 46.6 Å². The van der Waals surface area contributed by atoms with Gasteiger partial charge in [-0.25, -0.2) is 4.98 Å². The molecule has 1 aliphatic rings. The van der Waals surface area contributed by atoms with E-state index in [0.717, 1.165) is 38.4 Å². The van der Waals surface area contributed by atoms with E-state index in [1.807, 2.05) is 12.1 Å². The summed E-state index contributed by atoms with van der Waals surface area (Å²) < 4.78 is 16.6. The van der Waals surface area contributed by atoms with E-state index < -0.39 is 0 Å². The molecule has 1 aromatic carbocycles. The topological polar surface area (TPSA) is 56.7 Å². The Morgan fingerprint density at radius 1 is 1.23 bits per heavy atom. The summed E-state index contributed by atoms with van der Waals surface area (Å²) >= 11 is 5.89. The highest BCUT2D eigenvalue weighted by Crippen LogP contribution is 2.31. The Hall–Kier alpha value is -1.63. The Labute approximate surface area is 134 Å². The molecule has 1 saturated heterocycles. The molecule has 1 aliphatic heterocycles. The number of aromatic nitrogens is 2. The lowest BCUT2D eigenvalue weighted by atomic mass is 10.2. The zero-order valence-electron chi connectivity index (χ0n) is 12.4. The van der Waals surface area contributed by atoms with Gasteiger partial charge in [0.15, 0.2) is 11.5 Å². The van der Waals surface area contributed by atoms with Crippen molar-refractivity contribution in [2.45, 2.75) is 0 Å². The molecule has 1 aromatic heterocycles. The van der Waals surface area contributed by atoms with Gasteiger partial charge < -0.3 is 14.2 Å². The zero-order valence-corrected chi connectivity index (χ0v) is 13.2. The first kappa shape index (κ1) is 15.3. The standard InChI is InChI=1S/C15H18ClN3O3/c1-20-13-8-11-12(18-15(16)10-17-11)9-14(13)22-7-4-19-2-5-21-6-3-19/h8-10H,2-7H2,1H3. The van der Waals surface area contributed by atoms with Gasteiger partial charge in [0.05, 0.1) is 37.6 Å². The van der Waals surface area contributed by atoms with Crippen LogP contribution in [0.1, 0.15) is 0 Å². The van der Waals surface area contributed by atoms with Gasteiger partial charge in [-0.1, -0.05) is 11.6 Å². The molecule has 1 fully saturated rings. The minimum Gasteiger partial charge on any atom is -0.493 e. The SMILES string of the molecule is COc1cc2ncc(Cl)nc2cc1OCCN1CCOCC1. The first-order valence-corrected chi connectivity index (χ1v) is 7.57. The minimum atomic E-state index is 0.358. The molecule has 0 saturated carbocycles. The second-order valence-electron chi connectivity index (χ2n) is 4.99. The quantitative estimate of drug-likeness (QED) is 0.839. The number of nitrogens with zero attached hydrogens (tertiary/aromatic N) is 3. The average molecular weight is 324 g/mol. The van der Waals surface area contributed by atoms with Gasteiger partial charge in [0.2, 0.25) is 0 Å². The van der Waals surface area contributed by atoms with Crippen LogP contribution in [-0.4, -0.2) is 61.4 Å². The van der Waals surface area contributed by atoms with Crippen LogP contribution in [0.4, 0.5) is 0 Å². The molecular formula is C15H18ClN3O3. The number of hydrogen-bond donors (Lipinski definition) is 0. The maximum Gasteiger partial charge on any atom is 0.163 e. The maximum absolute atomic E-state index is 5.89. The van der Waals surface area contributed by atoms with Gasteiger partial charge in [0, 0.05) is 31.8 Å². The van der Waals surface area contributed by atoms with Crippen molar-refractivity contribution in [3.8, 4) is 11.5 Å². The van der Waals surface area contributed by atoms with Crippen LogP contribution < -0.4 is 9.47 Å². The van der Waals surface area contributed by atoms with E-state index in [1.54, 1.807) is 7.11 Å². The molecule has 0 amide bonds. The van der Waals surface area contributed by atoms with E-state index in [1.165, 1.54) is 6.20 Å². The van der Waals surface area contributed by atoms with Gasteiger partial charge in [-0.05, 0) is 0 Å². The van der Waals surface area contributed by atoms with Crippen molar-refractivity contribution >= 4 is 22.6 Å². The van der Waals surface area contributed by atoms with Crippen molar-refractivity contribution in [2.24, 2.45) is 0 Å². The van der Waals surface area contributed by atoms with Gasteiger partial charge in [-0.15, -0.1) is 0 Å². The molecule has 6 nitrogen and oxygen atoms in total. The summed E-state index contributed by atoms with van der Waals surface area (Å²) in [7, 11) is 1.61. The van der Waals surface area contributed by atoms with Gasteiger partial charge in [-0.2, -0.15) is 0 Å². The molecule has 3 rings (SSSR count). The van der Waals surface area contributed by atoms with E-state index in [9.17, 15) is 0 Å². The predicted molar refractivity (Wildman–Crippen MR) is 83.9 cm³/mol. The number of benzene rings is 1. The fourth-order valence-electron chi connectivity index (χ4n) is 2.38. The van der Waals surface area contributed by atoms with Crippen LogP contribution in [0.25, 0.3) is 11.0 Å². The minimum absolute atomic E-state index is 0.358. The molecule has 0 spiro atoms. The van der Waals surface area contributed by atoms with Crippen molar-refractivity contribution in [1.82, 2.24) is 14.9 Å². The van der Waals surface area contributed by atoms with E-state index in [0.29, 0.717) is 28.8 Å². The highest BCUT2D eigenvalue weighted by molar-refractivity contribution is 6.29. The molecule has 118 valence electrons. The Morgan fingerprint density at radius 2 is 2.00 bits per heavy atom. The fourth-order valence-corrected chi connectivity index (χ4v) is 2.52. The first-order chi connectivity index (χ1) is 10.8. The summed E-state index contributed by atoms with van der Waals surface area (Å²) in [5.41, 5.74) is 1.41. The Kier molecular flexibility index (Phi) is 4.92. The third-order valence-corrected chi connectivity index (χ3v) is 3.75. The molecule has 0 bridgehead atoms. The molecule has 22 heavy (non-hydrogen) atoms. The summed E-state index contributed by atoms with van der Waals surface area (Å²) in [5.74, 6) is 1.30. The third kappa shape index (κ3) is 3.58. The number of halogens is 1. The summed E-state index contributed by atoms with van der Waals surface area (Å²) in [6, 6.07) is 3.62. The van der Waals surface area contributed by atoms with E-state index in [2.05, 4.69) is 14.9 Å². The molecule has 0 atom stereocenters. The first-order valence-electron chi connectivity index (χ1n) is 7.19. The maximum atomic E-state index is 5.89. The molecule has 0 unspecified atom stereocenters. The van der Waals surface area contributed by atoms with Crippen LogP contribution in [-0.2, 0) is 4.74 Å². The average Bonchev–Trinajstić information content (AvgIpc) is 2.55. The normalized spacial score (nSPS) is 15.9. The van der Waals surface area contributed by atoms with Gasteiger partial charge in [-0.3, -0.25) is 9.88 Å². The van der Waals surface area contributed by atoms with Crippen LogP contribution in [0, 0.1) is 0 Å². The Morgan fingerprint density at radius 3 is 2.77 bits per heavy atom. The molecule has 2 aromatic rings. The molecule has 0 radical (unpaired) electrons. The van der Waals surface area contributed by atoms with Gasteiger partial charge in [0.1, 0.15) is 11.8 Å². The second kappa shape index (κ2) is 7.09. The van der Waals surface area contributed by atoms with Crippen LogP contribution >= 0.6 is 11.6 Å². The number of hydrogen-bond acceptors (Lipinski definition) is 6. The number of methoxy groups -OCH3 is 1. The van der Waals surface area contributed by atoms with Crippen LogP contribution in [0.3, 0.4) is 0 Å². The fraction of sp³-hybridized carbons (Fsp3) is 0.467. The van der Waals surface area contributed by atoms with Crippen LogP contribution in [0.15, 0.2) is 18.3 Å². The summed E-state index contributed by atoms with van der Waals surface area (Å²) in [6.07, 6.45) is 1.52. The Bertz CT molecular complexity index is 647. The third-order valence-electron chi connectivity index (χ3n) is 3.57.